The standard InChI is InChI=1S/C11H14N2/c1-2-3-4-10-7-9(8-12)5-6-11(10)13/h5-7H,2-4,13H2,1H3. The molecule has 1 rings (SSSR count). The van der Waals surface area contributed by atoms with Gasteiger partial charge in [0, 0.05) is 5.69 Å². The Morgan fingerprint density at radius 2 is 2.23 bits per heavy atom. The van der Waals surface area contributed by atoms with Crippen molar-refractivity contribution in [2.75, 3.05) is 5.73 Å². The molecule has 2 heteroatoms. The van der Waals surface area contributed by atoms with Crippen LogP contribution in [0.3, 0.4) is 0 Å². The van der Waals surface area contributed by atoms with Crippen LogP contribution in [0.1, 0.15) is 30.9 Å². The van der Waals surface area contributed by atoms with Crippen LogP contribution in [0.4, 0.5) is 5.69 Å². The number of anilines is 1. The molecule has 0 saturated carbocycles. The second kappa shape index (κ2) is 4.51. The molecule has 0 spiro atoms. The largest absolute Gasteiger partial charge is 0.399 e. The first-order chi connectivity index (χ1) is 6.27. The van der Waals surface area contributed by atoms with E-state index in [2.05, 4.69) is 13.0 Å². The lowest BCUT2D eigenvalue weighted by Crippen LogP contribution is -1.95. The van der Waals surface area contributed by atoms with Gasteiger partial charge in [-0.25, -0.2) is 0 Å². The van der Waals surface area contributed by atoms with Crippen molar-refractivity contribution in [3.8, 4) is 6.07 Å². The highest BCUT2D eigenvalue weighted by molar-refractivity contribution is 5.51. The Bertz CT molecular complexity index is 323. The second-order valence-corrected chi connectivity index (χ2v) is 3.13. The smallest absolute Gasteiger partial charge is 0.0991 e. The highest BCUT2D eigenvalue weighted by Gasteiger charge is 1.99. The van der Waals surface area contributed by atoms with Crippen molar-refractivity contribution in [3.05, 3.63) is 29.3 Å². The molecule has 0 atom stereocenters. The predicted molar refractivity (Wildman–Crippen MR) is 54.2 cm³/mol. The Morgan fingerprint density at radius 1 is 1.46 bits per heavy atom. The lowest BCUT2D eigenvalue weighted by atomic mass is 10.0. The molecule has 0 radical (unpaired) electrons. The van der Waals surface area contributed by atoms with Gasteiger partial charge < -0.3 is 5.73 Å². The fourth-order valence-electron chi connectivity index (χ4n) is 1.26. The molecule has 0 aromatic heterocycles. The van der Waals surface area contributed by atoms with Crippen LogP contribution in [0.25, 0.3) is 0 Å². The lowest BCUT2D eigenvalue weighted by molar-refractivity contribution is 0.796. The number of benzene rings is 1. The summed E-state index contributed by atoms with van der Waals surface area (Å²) in [6.07, 6.45) is 3.24. The van der Waals surface area contributed by atoms with Gasteiger partial charge in [-0.05, 0) is 36.6 Å². The van der Waals surface area contributed by atoms with Crippen molar-refractivity contribution in [3.63, 3.8) is 0 Å². The first-order valence-electron chi connectivity index (χ1n) is 4.56. The molecule has 0 aliphatic heterocycles. The molecule has 0 aliphatic carbocycles. The van der Waals surface area contributed by atoms with Crippen LogP contribution in [-0.4, -0.2) is 0 Å². The second-order valence-electron chi connectivity index (χ2n) is 3.13. The summed E-state index contributed by atoms with van der Waals surface area (Å²) in [4.78, 5) is 0. The van der Waals surface area contributed by atoms with E-state index in [9.17, 15) is 0 Å². The monoisotopic (exact) mass is 174 g/mol. The minimum absolute atomic E-state index is 0.695. The average molecular weight is 174 g/mol. The lowest BCUT2D eigenvalue weighted by Gasteiger charge is -2.04. The van der Waals surface area contributed by atoms with E-state index in [1.807, 2.05) is 12.1 Å². The van der Waals surface area contributed by atoms with Gasteiger partial charge in [0.25, 0.3) is 0 Å². The van der Waals surface area contributed by atoms with Crippen LogP contribution in [-0.2, 0) is 6.42 Å². The summed E-state index contributed by atoms with van der Waals surface area (Å²) in [5.41, 5.74) is 8.37. The Balaban J connectivity index is 2.85. The Labute approximate surface area is 79.0 Å². The van der Waals surface area contributed by atoms with Crippen LogP contribution >= 0.6 is 0 Å². The zero-order chi connectivity index (χ0) is 9.68. The van der Waals surface area contributed by atoms with Gasteiger partial charge in [0.2, 0.25) is 0 Å². The fourth-order valence-corrected chi connectivity index (χ4v) is 1.26. The molecule has 0 saturated heterocycles. The molecule has 0 bridgehead atoms. The van der Waals surface area contributed by atoms with E-state index in [1.165, 1.54) is 0 Å². The average Bonchev–Trinajstić information content (AvgIpc) is 2.17. The summed E-state index contributed by atoms with van der Waals surface area (Å²) >= 11 is 0. The molecule has 13 heavy (non-hydrogen) atoms. The normalized spacial score (nSPS) is 9.54. The third kappa shape index (κ3) is 2.48. The van der Waals surface area contributed by atoms with Crippen molar-refractivity contribution >= 4 is 5.69 Å². The summed E-state index contributed by atoms with van der Waals surface area (Å²) in [5, 5.41) is 8.69. The molecular weight excluding hydrogens is 160 g/mol. The zero-order valence-electron chi connectivity index (χ0n) is 7.88. The van der Waals surface area contributed by atoms with E-state index >= 15 is 0 Å². The van der Waals surface area contributed by atoms with Gasteiger partial charge in [-0.2, -0.15) is 5.26 Å². The molecule has 0 heterocycles. The van der Waals surface area contributed by atoms with Crippen molar-refractivity contribution in [1.82, 2.24) is 0 Å². The number of aryl methyl sites for hydroxylation is 1. The number of nitrogen functional groups attached to an aromatic ring is 1. The van der Waals surface area contributed by atoms with Crippen LogP contribution in [0.5, 0.6) is 0 Å². The first kappa shape index (κ1) is 9.60. The van der Waals surface area contributed by atoms with Gasteiger partial charge in [0.05, 0.1) is 11.6 Å². The van der Waals surface area contributed by atoms with E-state index in [0.29, 0.717) is 5.56 Å². The van der Waals surface area contributed by atoms with Gasteiger partial charge in [-0.1, -0.05) is 13.3 Å². The van der Waals surface area contributed by atoms with E-state index in [1.54, 1.807) is 6.07 Å². The molecule has 0 aliphatic rings. The van der Waals surface area contributed by atoms with Crippen LogP contribution in [0.2, 0.25) is 0 Å². The molecule has 0 unspecified atom stereocenters. The maximum atomic E-state index is 8.69. The Morgan fingerprint density at radius 3 is 2.85 bits per heavy atom. The van der Waals surface area contributed by atoms with Crippen molar-refractivity contribution in [1.29, 1.82) is 5.26 Å². The van der Waals surface area contributed by atoms with Gasteiger partial charge in [0.1, 0.15) is 0 Å². The first-order valence-corrected chi connectivity index (χ1v) is 4.56. The van der Waals surface area contributed by atoms with Gasteiger partial charge >= 0.3 is 0 Å². The third-order valence-corrected chi connectivity index (χ3v) is 2.07. The Kier molecular flexibility index (Phi) is 3.33. The number of nitrogens with two attached hydrogens (primary N) is 1. The fraction of sp³-hybridized carbons (Fsp3) is 0.364. The van der Waals surface area contributed by atoms with Crippen molar-refractivity contribution in [2.24, 2.45) is 0 Å². The topological polar surface area (TPSA) is 49.8 Å². The highest BCUT2D eigenvalue weighted by atomic mass is 14.6. The number of rotatable bonds is 3. The summed E-state index contributed by atoms with van der Waals surface area (Å²) < 4.78 is 0. The maximum Gasteiger partial charge on any atom is 0.0991 e. The molecule has 0 fully saturated rings. The zero-order valence-corrected chi connectivity index (χ0v) is 7.88. The minimum Gasteiger partial charge on any atom is -0.399 e. The Hall–Kier alpha value is -1.49. The van der Waals surface area contributed by atoms with E-state index in [-0.39, 0.29) is 0 Å². The number of nitrogens with zero attached hydrogens (tertiary/aromatic N) is 1. The number of hydrogen-bond donors (Lipinski definition) is 1. The molecule has 2 N–H and O–H groups in total. The van der Waals surface area contributed by atoms with Crippen molar-refractivity contribution in [2.45, 2.75) is 26.2 Å². The number of hydrogen-bond acceptors (Lipinski definition) is 2. The van der Waals surface area contributed by atoms with Crippen LogP contribution in [0, 0.1) is 11.3 Å². The predicted octanol–water partition coefficient (Wildman–Crippen LogP) is 2.48. The maximum absolute atomic E-state index is 8.69. The minimum atomic E-state index is 0.695. The van der Waals surface area contributed by atoms with Crippen LogP contribution < -0.4 is 5.73 Å². The molecular formula is C11H14N2. The highest BCUT2D eigenvalue weighted by Crippen LogP contribution is 2.16. The molecule has 1 aromatic carbocycles. The number of unbranched alkanes of at least 4 members (excludes halogenated alkanes) is 1. The van der Waals surface area contributed by atoms with Crippen LogP contribution in [0.15, 0.2) is 18.2 Å². The SMILES string of the molecule is CCCCc1cc(C#N)ccc1N. The van der Waals surface area contributed by atoms with Gasteiger partial charge in [0.15, 0.2) is 0 Å². The summed E-state index contributed by atoms with van der Waals surface area (Å²) in [6.45, 7) is 2.14. The third-order valence-electron chi connectivity index (χ3n) is 2.07. The summed E-state index contributed by atoms with van der Waals surface area (Å²) in [5.74, 6) is 0. The molecule has 68 valence electrons. The quantitative estimate of drug-likeness (QED) is 0.716. The number of nitriles is 1. The van der Waals surface area contributed by atoms with E-state index in [0.717, 1.165) is 30.5 Å². The van der Waals surface area contributed by atoms with Gasteiger partial charge in [-0.15, -0.1) is 0 Å². The van der Waals surface area contributed by atoms with Crippen molar-refractivity contribution < 1.29 is 0 Å². The van der Waals surface area contributed by atoms with E-state index in [4.69, 9.17) is 11.0 Å². The van der Waals surface area contributed by atoms with E-state index < -0.39 is 0 Å². The molecule has 2 nitrogen and oxygen atoms in total. The molecule has 0 amide bonds. The molecule has 1 aromatic rings. The van der Waals surface area contributed by atoms with Gasteiger partial charge in [-0.3, -0.25) is 0 Å². The summed E-state index contributed by atoms with van der Waals surface area (Å²) in [7, 11) is 0. The summed E-state index contributed by atoms with van der Waals surface area (Å²) in [6, 6.07) is 7.56.